The molecular formula is C16H34S. The summed E-state index contributed by atoms with van der Waals surface area (Å²) in [7, 11) is 0. The summed E-state index contributed by atoms with van der Waals surface area (Å²) in [5, 5.41) is 1.64. The molecule has 0 aromatic rings. The minimum atomic E-state index is 0.792. The van der Waals surface area contributed by atoms with E-state index in [4.69, 9.17) is 0 Å². The monoisotopic (exact) mass is 258 g/mol. The van der Waals surface area contributed by atoms with E-state index in [0.29, 0.717) is 0 Å². The smallest absolute Gasteiger partial charge is 0.00985 e. The van der Waals surface area contributed by atoms with Crippen molar-refractivity contribution in [3.63, 3.8) is 0 Å². The number of hydrogen-bond acceptors (Lipinski definition) is 1. The second-order valence-corrected chi connectivity index (χ2v) is 7.69. The van der Waals surface area contributed by atoms with Crippen LogP contribution < -0.4 is 0 Å². The van der Waals surface area contributed by atoms with Crippen LogP contribution in [-0.4, -0.2) is 10.5 Å². The van der Waals surface area contributed by atoms with Crippen LogP contribution in [0.15, 0.2) is 0 Å². The van der Waals surface area contributed by atoms with E-state index < -0.39 is 0 Å². The molecular weight excluding hydrogens is 224 g/mol. The molecule has 0 saturated heterocycles. The van der Waals surface area contributed by atoms with Crippen molar-refractivity contribution in [2.75, 3.05) is 0 Å². The van der Waals surface area contributed by atoms with Crippen molar-refractivity contribution >= 4 is 11.8 Å². The van der Waals surface area contributed by atoms with E-state index in [9.17, 15) is 0 Å². The van der Waals surface area contributed by atoms with Gasteiger partial charge in [0.15, 0.2) is 0 Å². The molecule has 0 saturated carbocycles. The van der Waals surface area contributed by atoms with E-state index in [1.54, 1.807) is 0 Å². The van der Waals surface area contributed by atoms with Crippen molar-refractivity contribution in [1.82, 2.24) is 0 Å². The van der Waals surface area contributed by atoms with Crippen LogP contribution in [0.3, 0.4) is 0 Å². The first-order valence-corrected chi connectivity index (χ1v) is 8.44. The Hall–Kier alpha value is 0.350. The van der Waals surface area contributed by atoms with E-state index >= 15 is 0 Å². The maximum atomic E-state index is 2.42. The third kappa shape index (κ3) is 5.68. The van der Waals surface area contributed by atoms with E-state index in [1.165, 1.54) is 12.8 Å². The molecule has 0 amide bonds. The fourth-order valence-corrected chi connectivity index (χ4v) is 4.46. The van der Waals surface area contributed by atoms with Crippen molar-refractivity contribution in [1.29, 1.82) is 0 Å². The normalized spacial score (nSPS) is 19.4. The zero-order valence-corrected chi connectivity index (χ0v) is 14.1. The summed E-state index contributed by atoms with van der Waals surface area (Å²) in [6.45, 7) is 19.0. The van der Waals surface area contributed by atoms with Crippen LogP contribution in [0, 0.1) is 23.7 Å². The Balaban J connectivity index is 4.68. The van der Waals surface area contributed by atoms with E-state index in [1.807, 2.05) is 0 Å². The van der Waals surface area contributed by atoms with Crippen molar-refractivity contribution in [2.45, 2.75) is 78.7 Å². The van der Waals surface area contributed by atoms with Crippen molar-refractivity contribution in [2.24, 2.45) is 23.7 Å². The average Bonchev–Trinajstić information content (AvgIpc) is 2.27. The zero-order chi connectivity index (χ0) is 13.6. The Morgan fingerprint density at radius 1 is 0.647 bits per heavy atom. The third-order valence-corrected chi connectivity index (χ3v) is 6.68. The lowest BCUT2D eigenvalue weighted by Gasteiger charge is -2.35. The van der Waals surface area contributed by atoms with Crippen LogP contribution in [0.1, 0.15) is 68.2 Å². The SMILES string of the molecule is CCC(C)C(SC(C(C)C)C(C)CC)C(C)C. The summed E-state index contributed by atoms with van der Waals surface area (Å²) in [5.74, 6) is 3.26. The van der Waals surface area contributed by atoms with Crippen molar-refractivity contribution in [3.8, 4) is 0 Å². The lowest BCUT2D eigenvalue weighted by Crippen LogP contribution is -2.29. The Bertz CT molecular complexity index is 166. The fourth-order valence-electron chi connectivity index (χ4n) is 2.54. The van der Waals surface area contributed by atoms with Gasteiger partial charge in [-0.05, 0) is 23.7 Å². The molecule has 1 heteroatoms. The van der Waals surface area contributed by atoms with Gasteiger partial charge in [0.1, 0.15) is 0 Å². The molecule has 0 bridgehead atoms. The summed E-state index contributed by atoms with van der Waals surface area (Å²) < 4.78 is 0. The Morgan fingerprint density at radius 3 is 1.12 bits per heavy atom. The van der Waals surface area contributed by atoms with Gasteiger partial charge in [-0.25, -0.2) is 0 Å². The Labute approximate surface area is 114 Å². The van der Waals surface area contributed by atoms with Crippen LogP contribution >= 0.6 is 11.8 Å². The van der Waals surface area contributed by atoms with Gasteiger partial charge in [-0.15, -0.1) is 0 Å². The van der Waals surface area contributed by atoms with E-state index in [-0.39, 0.29) is 0 Å². The highest BCUT2D eigenvalue weighted by molar-refractivity contribution is 8.00. The van der Waals surface area contributed by atoms with Crippen LogP contribution in [0.25, 0.3) is 0 Å². The van der Waals surface area contributed by atoms with Gasteiger partial charge in [0.05, 0.1) is 0 Å². The molecule has 104 valence electrons. The summed E-state index contributed by atoms with van der Waals surface area (Å²) >= 11 is 2.27. The molecule has 0 aromatic carbocycles. The lowest BCUT2D eigenvalue weighted by molar-refractivity contribution is 0.417. The number of hydrogen-bond donors (Lipinski definition) is 0. The first-order valence-electron chi connectivity index (χ1n) is 7.50. The third-order valence-electron chi connectivity index (χ3n) is 4.04. The molecule has 4 unspecified atom stereocenters. The minimum Gasteiger partial charge on any atom is -0.154 e. The molecule has 0 fully saturated rings. The molecule has 0 aliphatic heterocycles. The lowest BCUT2D eigenvalue weighted by atomic mass is 9.95. The first-order chi connectivity index (χ1) is 7.84. The van der Waals surface area contributed by atoms with Crippen LogP contribution in [0.5, 0.6) is 0 Å². The Kier molecular flexibility index (Phi) is 8.63. The van der Waals surface area contributed by atoms with Gasteiger partial charge >= 0.3 is 0 Å². The van der Waals surface area contributed by atoms with Crippen LogP contribution in [0.4, 0.5) is 0 Å². The average molecular weight is 259 g/mol. The zero-order valence-electron chi connectivity index (χ0n) is 13.3. The molecule has 0 aromatic heterocycles. The van der Waals surface area contributed by atoms with E-state index in [0.717, 1.165) is 34.2 Å². The summed E-state index contributed by atoms with van der Waals surface area (Å²) in [4.78, 5) is 0. The van der Waals surface area contributed by atoms with Gasteiger partial charge in [0, 0.05) is 10.5 Å². The molecule has 0 heterocycles. The standard InChI is InChI=1S/C16H34S/c1-9-13(7)15(11(3)4)17-16(12(5)6)14(8)10-2/h11-16H,9-10H2,1-8H3. The van der Waals surface area contributed by atoms with Gasteiger partial charge in [0.2, 0.25) is 0 Å². The van der Waals surface area contributed by atoms with Gasteiger partial charge in [-0.3, -0.25) is 0 Å². The van der Waals surface area contributed by atoms with Crippen LogP contribution in [-0.2, 0) is 0 Å². The predicted octanol–water partition coefficient (Wildman–Crippen LogP) is 5.86. The van der Waals surface area contributed by atoms with E-state index in [2.05, 4.69) is 67.2 Å². The predicted molar refractivity (Wildman–Crippen MR) is 83.8 cm³/mol. The van der Waals surface area contributed by atoms with Crippen LogP contribution in [0.2, 0.25) is 0 Å². The summed E-state index contributed by atoms with van der Waals surface area (Å²) in [6.07, 6.45) is 2.61. The molecule has 0 aliphatic carbocycles. The van der Waals surface area contributed by atoms with Crippen molar-refractivity contribution in [3.05, 3.63) is 0 Å². The van der Waals surface area contributed by atoms with Gasteiger partial charge in [-0.1, -0.05) is 68.2 Å². The molecule has 0 rings (SSSR count). The van der Waals surface area contributed by atoms with Gasteiger partial charge < -0.3 is 0 Å². The minimum absolute atomic E-state index is 0.792. The van der Waals surface area contributed by atoms with Gasteiger partial charge in [0.25, 0.3) is 0 Å². The second-order valence-electron chi connectivity index (χ2n) is 6.32. The largest absolute Gasteiger partial charge is 0.154 e. The molecule has 0 N–H and O–H groups in total. The maximum Gasteiger partial charge on any atom is 0.00985 e. The molecule has 0 nitrogen and oxygen atoms in total. The number of rotatable bonds is 8. The summed E-state index contributed by atoms with van der Waals surface area (Å²) in [6, 6.07) is 0. The topological polar surface area (TPSA) is 0 Å². The highest BCUT2D eigenvalue weighted by Crippen LogP contribution is 2.38. The highest BCUT2D eigenvalue weighted by Gasteiger charge is 2.28. The molecule has 0 spiro atoms. The highest BCUT2D eigenvalue weighted by atomic mass is 32.2. The molecule has 17 heavy (non-hydrogen) atoms. The molecule has 4 atom stereocenters. The van der Waals surface area contributed by atoms with Crippen molar-refractivity contribution < 1.29 is 0 Å². The second kappa shape index (κ2) is 8.45. The van der Waals surface area contributed by atoms with Gasteiger partial charge in [-0.2, -0.15) is 11.8 Å². The Morgan fingerprint density at radius 2 is 0.941 bits per heavy atom. The fraction of sp³-hybridized carbons (Fsp3) is 1.00. The number of thioether (sulfide) groups is 1. The molecule has 0 radical (unpaired) electrons. The maximum absolute atomic E-state index is 2.42. The quantitative estimate of drug-likeness (QED) is 0.525. The first kappa shape index (κ1) is 17.4. The molecule has 0 aliphatic rings. The summed E-state index contributed by atoms with van der Waals surface area (Å²) in [5.41, 5.74) is 0.